The maximum absolute atomic E-state index is 4.76. The molecule has 0 amide bonds. The molecule has 0 aliphatic carbocycles. The molecule has 0 saturated carbocycles. The van der Waals surface area contributed by atoms with Gasteiger partial charge in [0.25, 0.3) is 0 Å². The van der Waals surface area contributed by atoms with Crippen molar-refractivity contribution in [1.82, 2.24) is 15.6 Å². The smallest absolute Gasteiger partial charge is 0.191 e. The highest BCUT2D eigenvalue weighted by atomic mass is 127. The van der Waals surface area contributed by atoms with Gasteiger partial charge in [0.1, 0.15) is 0 Å². The van der Waals surface area contributed by atoms with E-state index in [1.54, 1.807) is 18.4 Å². The number of anilines is 1. The van der Waals surface area contributed by atoms with Gasteiger partial charge < -0.3 is 15.5 Å². The molecular formula is C19H28IN5S. The van der Waals surface area contributed by atoms with Gasteiger partial charge in [0, 0.05) is 45.0 Å². The second kappa shape index (κ2) is 10.7. The minimum absolute atomic E-state index is 0. The Kier molecular flexibility index (Phi) is 8.64. The monoisotopic (exact) mass is 485 g/mol. The normalized spacial score (nSPS) is 14.2. The Bertz CT molecular complexity index is 709. The highest BCUT2D eigenvalue weighted by Crippen LogP contribution is 2.24. The summed E-state index contributed by atoms with van der Waals surface area (Å²) in [5.41, 5.74) is 3.70. The molecule has 1 aliphatic rings. The van der Waals surface area contributed by atoms with Gasteiger partial charge >= 0.3 is 0 Å². The number of halogens is 1. The summed E-state index contributed by atoms with van der Waals surface area (Å²) in [6.07, 6.45) is 3.49. The first-order valence-electron chi connectivity index (χ1n) is 8.94. The Morgan fingerprint density at radius 1 is 1.27 bits per heavy atom. The summed E-state index contributed by atoms with van der Waals surface area (Å²) < 4.78 is 0. The molecule has 5 nitrogen and oxygen atoms in total. The topological polar surface area (TPSA) is 52.6 Å². The van der Waals surface area contributed by atoms with Crippen molar-refractivity contribution in [2.75, 3.05) is 31.6 Å². The molecule has 7 heteroatoms. The summed E-state index contributed by atoms with van der Waals surface area (Å²) in [4.78, 5) is 11.4. The highest BCUT2D eigenvalue weighted by Gasteiger charge is 2.15. The number of aromatic nitrogens is 1. The molecule has 2 heterocycles. The fourth-order valence-corrected chi connectivity index (χ4v) is 3.92. The quantitative estimate of drug-likeness (QED) is 0.373. The standard InChI is InChI=1S/C19H27N5S.HI/c1-15-6-5-7-16(12-15)13-22-18(20-2)21-9-8-17-14-25-19(23-17)24-10-3-4-11-24;/h5-7,12,14H,3-4,8-11,13H2,1-2H3,(H2,20,21,22);1H. The van der Waals surface area contributed by atoms with Crippen molar-refractivity contribution in [3.8, 4) is 0 Å². The summed E-state index contributed by atoms with van der Waals surface area (Å²) in [5, 5.41) is 10.1. The van der Waals surface area contributed by atoms with Crippen LogP contribution in [0.4, 0.5) is 5.13 Å². The summed E-state index contributed by atoms with van der Waals surface area (Å²) in [5.74, 6) is 0.830. The lowest BCUT2D eigenvalue weighted by atomic mass is 10.1. The lowest BCUT2D eigenvalue weighted by molar-refractivity contribution is 0.785. The van der Waals surface area contributed by atoms with Crippen LogP contribution in [0.25, 0.3) is 0 Å². The van der Waals surface area contributed by atoms with E-state index >= 15 is 0 Å². The molecule has 0 radical (unpaired) electrons. The van der Waals surface area contributed by atoms with E-state index in [1.165, 1.54) is 29.1 Å². The number of hydrogen-bond donors (Lipinski definition) is 2. The summed E-state index contributed by atoms with van der Waals surface area (Å²) in [7, 11) is 1.81. The Labute approximate surface area is 177 Å². The van der Waals surface area contributed by atoms with Crippen molar-refractivity contribution in [2.45, 2.75) is 32.7 Å². The highest BCUT2D eigenvalue weighted by molar-refractivity contribution is 14.0. The van der Waals surface area contributed by atoms with Crippen LogP contribution in [0.2, 0.25) is 0 Å². The summed E-state index contributed by atoms with van der Waals surface area (Å²) in [6, 6.07) is 8.52. The van der Waals surface area contributed by atoms with E-state index in [4.69, 9.17) is 4.98 Å². The molecule has 2 aromatic rings. The van der Waals surface area contributed by atoms with Gasteiger partial charge in [-0.3, -0.25) is 4.99 Å². The Morgan fingerprint density at radius 3 is 2.81 bits per heavy atom. The zero-order valence-electron chi connectivity index (χ0n) is 15.5. The number of hydrogen-bond acceptors (Lipinski definition) is 4. The van der Waals surface area contributed by atoms with Crippen LogP contribution in [0.1, 0.15) is 29.7 Å². The average Bonchev–Trinajstić information content (AvgIpc) is 3.29. The number of nitrogens with one attached hydrogen (secondary N) is 2. The van der Waals surface area contributed by atoms with E-state index < -0.39 is 0 Å². The van der Waals surface area contributed by atoms with Gasteiger partial charge in [0.15, 0.2) is 11.1 Å². The Hall–Kier alpha value is -1.35. The first-order chi connectivity index (χ1) is 12.2. The molecule has 3 rings (SSSR count). The van der Waals surface area contributed by atoms with Gasteiger partial charge in [-0.1, -0.05) is 29.8 Å². The molecule has 0 bridgehead atoms. The fraction of sp³-hybridized carbons (Fsp3) is 0.474. The number of aryl methyl sites for hydroxylation is 1. The van der Waals surface area contributed by atoms with Crippen molar-refractivity contribution in [1.29, 1.82) is 0 Å². The van der Waals surface area contributed by atoms with Crippen molar-refractivity contribution < 1.29 is 0 Å². The van der Waals surface area contributed by atoms with Gasteiger partial charge in [0.2, 0.25) is 0 Å². The van der Waals surface area contributed by atoms with Gasteiger partial charge in [-0.05, 0) is 25.3 Å². The number of rotatable bonds is 6. The third-order valence-corrected chi connectivity index (χ3v) is 5.31. The predicted molar refractivity (Wildman–Crippen MR) is 122 cm³/mol. The second-order valence-electron chi connectivity index (χ2n) is 6.41. The van der Waals surface area contributed by atoms with Crippen LogP contribution in [-0.4, -0.2) is 37.6 Å². The predicted octanol–water partition coefficient (Wildman–Crippen LogP) is 3.58. The maximum Gasteiger partial charge on any atom is 0.191 e. The van der Waals surface area contributed by atoms with Crippen LogP contribution in [0.5, 0.6) is 0 Å². The van der Waals surface area contributed by atoms with Gasteiger partial charge in [-0.2, -0.15) is 0 Å². The molecule has 2 N–H and O–H groups in total. The van der Waals surface area contributed by atoms with E-state index in [1.807, 2.05) is 0 Å². The minimum atomic E-state index is 0. The van der Waals surface area contributed by atoms with Gasteiger partial charge in [-0.25, -0.2) is 4.98 Å². The average molecular weight is 485 g/mol. The van der Waals surface area contributed by atoms with E-state index in [0.717, 1.165) is 44.3 Å². The van der Waals surface area contributed by atoms with E-state index in [9.17, 15) is 0 Å². The molecule has 1 fully saturated rings. The van der Waals surface area contributed by atoms with E-state index in [0.29, 0.717) is 0 Å². The molecule has 0 unspecified atom stereocenters. The SMILES string of the molecule is CN=C(NCCc1csc(N2CCCC2)n1)NCc1cccc(C)c1.I. The lowest BCUT2D eigenvalue weighted by Crippen LogP contribution is -2.37. The van der Waals surface area contributed by atoms with Gasteiger partial charge in [-0.15, -0.1) is 35.3 Å². The molecule has 1 aromatic heterocycles. The Morgan fingerprint density at radius 2 is 2.08 bits per heavy atom. The first kappa shape index (κ1) is 21.0. The van der Waals surface area contributed by atoms with Crippen LogP contribution in [0.3, 0.4) is 0 Å². The molecule has 0 atom stereocenters. The molecule has 0 spiro atoms. The Balaban J connectivity index is 0.00000243. The van der Waals surface area contributed by atoms with Crippen molar-refractivity contribution in [3.05, 3.63) is 46.5 Å². The number of thiazole rings is 1. The molecule has 1 aliphatic heterocycles. The molecule has 26 heavy (non-hydrogen) atoms. The maximum atomic E-state index is 4.76. The zero-order valence-corrected chi connectivity index (χ0v) is 18.6. The third-order valence-electron chi connectivity index (χ3n) is 4.36. The lowest BCUT2D eigenvalue weighted by Gasteiger charge is -2.13. The van der Waals surface area contributed by atoms with Crippen LogP contribution in [0.15, 0.2) is 34.6 Å². The molecule has 142 valence electrons. The number of nitrogens with zero attached hydrogens (tertiary/aromatic N) is 3. The van der Waals surface area contributed by atoms with Gasteiger partial charge in [0.05, 0.1) is 5.69 Å². The van der Waals surface area contributed by atoms with Crippen LogP contribution >= 0.6 is 35.3 Å². The summed E-state index contributed by atoms with van der Waals surface area (Å²) >= 11 is 1.76. The minimum Gasteiger partial charge on any atom is -0.356 e. The second-order valence-corrected chi connectivity index (χ2v) is 7.24. The van der Waals surface area contributed by atoms with Crippen LogP contribution < -0.4 is 15.5 Å². The van der Waals surface area contributed by atoms with E-state index in [-0.39, 0.29) is 24.0 Å². The number of aliphatic imine (C=N–C) groups is 1. The fourth-order valence-electron chi connectivity index (χ4n) is 3.00. The van der Waals surface area contributed by atoms with E-state index in [2.05, 4.69) is 57.1 Å². The number of guanidine groups is 1. The van der Waals surface area contributed by atoms with Crippen molar-refractivity contribution >= 4 is 46.4 Å². The van der Waals surface area contributed by atoms with Crippen LogP contribution in [-0.2, 0) is 13.0 Å². The third kappa shape index (κ3) is 6.12. The first-order valence-corrected chi connectivity index (χ1v) is 9.82. The van der Waals surface area contributed by atoms with Crippen molar-refractivity contribution in [2.24, 2.45) is 4.99 Å². The zero-order chi connectivity index (χ0) is 17.5. The molecular weight excluding hydrogens is 457 g/mol. The largest absolute Gasteiger partial charge is 0.356 e. The number of benzene rings is 1. The molecule has 1 saturated heterocycles. The summed E-state index contributed by atoms with van der Waals surface area (Å²) in [6.45, 7) is 6.02. The molecule has 1 aromatic carbocycles. The van der Waals surface area contributed by atoms with Crippen LogP contribution in [0, 0.1) is 6.92 Å². The van der Waals surface area contributed by atoms with Crippen molar-refractivity contribution in [3.63, 3.8) is 0 Å².